The Hall–Kier alpha value is -2.76. The summed E-state index contributed by atoms with van der Waals surface area (Å²) in [6.07, 6.45) is 7.21. The normalized spacial score (nSPS) is 18.4. The van der Waals surface area contributed by atoms with Gasteiger partial charge in [0.05, 0.1) is 11.1 Å². The summed E-state index contributed by atoms with van der Waals surface area (Å²) in [4.78, 5) is 48.6. The van der Waals surface area contributed by atoms with Crippen LogP contribution in [0.15, 0.2) is 48.6 Å². The Bertz CT molecular complexity index is 645. The molecule has 0 aliphatic carbocycles. The van der Waals surface area contributed by atoms with Crippen LogP contribution in [0.4, 0.5) is 0 Å². The fourth-order valence-electron chi connectivity index (χ4n) is 2.32. The standard InChI is InChI=1S/C15H14N2O4.C3H8.2C2H6/c1-3-5-6-10-9(4-2)14(20)17(15(10)21)11-7-8-12(18)16-13(11)19;1-3-2;2*1-2/h3-6,11H,1-2,7-8H2,(H,16,18,19);3H2,1-2H3;2*1-2H3/b6-5-;;;. The van der Waals surface area contributed by atoms with Crippen molar-refractivity contribution in [1.29, 1.82) is 0 Å². The van der Waals surface area contributed by atoms with Crippen LogP contribution in [0.2, 0.25) is 0 Å². The topological polar surface area (TPSA) is 83.6 Å². The van der Waals surface area contributed by atoms with E-state index in [2.05, 4.69) is 32.3 Å². The van der Waals surface area contributed by atoms with Crippen molar-refractivity contribution in [3.05, 3.63) is 48.6 Å². The molecule has 0 aromatic rings. The molecule has 1 saturated heterocycles. The summed E-state index contributed by atoms with van der Waals surface area (Å²) in [5.41, 5.74) is 0.308. The predicted molar refractivity (Wildman–Crippen MR) is 113 cm³/mol. The molecule has 0 spiro atoms. The lowest BCUT2D eigenvalue weighted by Crippen LogP contribution is -2.54. The number of amides is 4. The molecule has 2 rings (SSSR count). The van der Waals surface area contributed by atoms with Crippen LogP contribution >= 0.6 is 0 Å². The van der Waals surface area contributed by atoms with Gasteiger partial charge >= 0.3 is 0 Å². The number of piperidine rings is 1. The van der Waals surface area contributed by atoms with E-state index in [0.717, 1.165) is 4.90 Å². The van der Waals surface area contributed by atoms with Gasteiger partial charge in [-0.05, 0) is 12.5 Å². The Labute approximate surface area is 169 Å². The molecule has 2 heterocycles. The average Bonchev–Trinajstić information content (AvgIpc) is 2.93. The third-order valence-corrected chi connectivity index (χ3v) is 3.31. The highest BCUT2D eigenvalue weighted by Gasteiger charge is 2.44. The molecule has 0 aromatic heterocycles. The molecule has 6 nitrogen and oxygen atoms in total. The first-order valence-electron chi connectivity index (χ1n) is 9.80. The molecular weight excluding hydrogens is 356 g/mol. The van der Waals surface area contributed by atoms with Crippen molar-refractivity contribution in [3.63, 3.8) is 0 Å². The fourth-order valence-corrected chi connectivity index (χ4v) is 2.32. The summed E-state index contributed by atoms with van der Waals surface area (Å²) in [6.45, 7) is 19.3. The Balaban J connectivity index is 0. The Kier molecular flexibility index (Phi) is 15.0. The van der Waals surface area contributed by atoms with E-state index in [4.69, 9.17) is 0 Å². The lowest BCUT2D eigenvalue weighted by atomic mass is 10.0. The number of nitrogens with one attached hydrogen (secondary N) is 1. The van der Waals surface area contributed by atoms with Gasteiger partial charge in [0.15, 0.2) is 0 Å². The van der Waals surface area contributed by atoms with Crippen LogP contribution in [0.25, 0.3) is 0 Å². The van der Waals surface area contributed by atoms with Crippen LogP contribution in [0.1, 0.15) is 60.8 Å². The zero-order valence-electron chi connectivity index (χ0n) is 18.0. The first-order valence-corrected chi connectivity index (χ1v) is 9.80. The number of hydrogen-bond acceptors (Lipinski definition) is 4. The molecule has 0 bridgehead atoms. The van der Waals surface area contributed by atoms with Gasteiger partial charge in [0.1, 0.15) is 6.04 Å². The van der Waals surface area contributed by atoms with Gasteiger partial charge in [0, 0.05) is 6.42 Å². The highest BCUT2D eigenvalue weighted by Crippen LogP contribution is 2.27. The van der Waals surface area contributed by atoms with E-state index in [-0.39, 0.29) is 24.0 Å². The number of carbonyl (C=O) groups is 4. The van der Waals surface area contributed by atoms with Crippen LogP contribution in [0.5, 0.6) is 0 Å². The number of rotatable bonds is 4. The van der Waals surface area contributed by atoms with Crippen molar-refractivity contribution >= 4 is 23.6 Å². The van der Waals surface area contributed by atoms with E-state index in [9.17, 15) is 19.2 Å². The second-order valence-electron chi connectivity index (χ2n) is 5.28. The Morgan fingerprint density at radius 3 is 1.93 bits per heavy atom. The van der Waals surface area contributed by atoms with Crippen LogP contribution in [0, 0.1) is 0 Å². The molecule has 0 saturated carbocycles. The first kappa shape index (κ1) is 27.5. The summed E-state index contributed by atoms with van der Waals surface area (Å²) >= 11 is 0. The van der Waals surface area contributed by atoms with Crippen molar-refractivity contribution in [2.75, 3.05) is 0 Å². The monoisotopic (exact) mass is 390 g/mol. The molecule has 1 atom stereocenters. The van der Waals surface area contributed by atoms with E-state index >= 15 is 0 Å². The minimum absolute atomic E-state index is 0.0920. The molecule has 28 heavy (non-hydrogen) atoms. The molecule has 2 aliphatic rings. The summed E-state index contributed by atoms with van der Waals surface area (Å²) in [7, 11) is 0. The lowest BCUT2D eigenvalue weighted by Gasteiger charge is -2.28. The van der Waals surface area contributed by atoms with Crippen LogP contribution in [0.3, 0.4) is 0 Å². The van der Waals surface area contributed by atoms with Gasteiger partial charge in [-0.2, -0.15) is 0 Å². The summed E-state index contributed by atoms with van der Waals surface area (Å²) in [5.74, 6) is -2.18. The highest BCUT2D eigenvalue weighted by atomic mass is 16.2. The van der Waals surface area contributed by atoms with Gasteiger partial charge < -0.3 is 0 Å². The molecular formula is C22H34N2O4. The average molecular weight is 391 g/mol. The molecule has 1 N–H and O–H groups in total. The smallest absolute Gasteiger partial charge is 0.262 e. The second-order valence-corrected chi connectivity index (χ2v) is 5.28. The zero-order valence-corrected chi connectivity index (χ0v) is 18.0. The van der Waals surface area contributed by atoms with Gasteiger partial charge in [-0.15, -0.1) is 0 Å². The van der Waals surface area contributed by atoms with Crippen molar-refractivity contribution in [2.24, 2.45) is 0 Å². The van der Waals surface area contributed by atoms with E-state index in [1.807, 2.05) is 27.7 Å². The Morgan fingerprint density at radius 1 is 1.00 bits per heavy atom. The minimum Gasteiger partial charge on any atom is -0.295 e. The van der Waals surface area contributed by atoms with Crippen LogP contribution in [-0.4, -0.2) is 34.6 Å². The van der Waals surface area contributed by atoms with E-state index in [1.165, 1.54) is 30.7 Å². The Morgan fingerprint density at radius 2 is 1.50 bits per heavy atom. The highest BCUT2D eigenvalue weighted by molar-refractivity contribution is 6.23. The van der Waals surface area contributed by atoms with Crippen LogP contribution < -0.4 is 5.32 Å². The third-order valence-electron chi connectivity index (χ3n) is 3.31. The number of nitrogens with zero attached hydrogens (tertiary/aromatic N) is 1. The van der Waals surface area contributed by atoms with Gasteiger partial charge in [0.25, 0.3) is 11.8 Å². The van der Waals surface area contributed by atoms with Gasteiger partial charge in [-0.3, -0.25) is 29.4 Å². The predicted octanol–water partition coefficient (Wildman–Crippen LogP) is 3.85. The molecule has 6 heteroatoms. The molecule has 2 aliphatic heterocycles. The number of allylic oxidation sites excluding steroid dienone is 2. The number of carbonyl (C=O) groups excluding carboxylic acids is 4. The number of imide groups is 2. The zero-order chi connectivity index (χ0) is 22.3. The summed E-state index contributed by atoms with van der Waals surface area (Å²) < 4.78 is 0. The van der Waals surface area contributed by atoms with E-state index in [1.54, 1.807) is 0 Å². The minimum atomic E-state index is -0.965. The SMILES string of the molecule is C=C/C=C\C1=C(C=C)C(=O)N(C2CCC(=O)NC2=O)C1=O.CC.CC.CCC. The summed E-state index contributed by atoms with van der Waals surface area (Å²) in [5, 5.41) is 2.14. The maximum absolute atomic E-state index is 12.4. The van der Waals surface area contributed by atoms with E-state index in [0.29, 0.717) is 0 Å². The molecule has 1 unspecified atom stereocenters. The number of hydrogen-bond donors (Lipinski definition) is 1. The third kappa shape index (κ3) is 7.10. The van der Waals surface area contributed by atoms with E-state index < -0.39 is 29.7 Å². The van der Waals surface area contributed by atoms with Gasteiger partial charge in [-0.1, -0.05) is 79.3 Å². The maximum atomic E-state index is 12.4. The molecule has 0 radical (unpaired) electrons. The van der Waals surface area contributed by atoms with Gasteiger partial charge in [0.2, 0.25) is 11.8 Å². The molecule has 4 amide bonds. The quantitative estimate of drug-likeness (QED) is 0.584. The second kappa shape index (κ2) is 15.3. The van der Waals surface area contributed by atoms with Crippen LogP contribution in [-0.2, 0) is 19.2 Å². The van der Waals surface area contributed by atoms with Crippen molar-refractivity contribution in [1.82, 2.24) is 10.2 Å². The lowest BCUT2D eigenvalue weighted by molar-refractivity contribution is -0.149. The maximum Gasteiger partial charge on any atom is 0.262 e. The summed E-state index contributed by atoms with van der Waals surface area (Å²) in [6, 6.07) is -0.965. The van der Waals surface area contributed by atoms with Crippen molar-refractivity contribution in [3.8, 4) is 0 Å². The molecule has 156 valence electrons. The molecule has 1 fully saturated rings. The molecule has 0 aromatic carbocycles. The fraction of sp³-hybridized carbons (Fsp3) is 0.455. The first-order chi connectivity index (χ1) is 13.4. The van der Waals surface area contributed by atoms with Crippen molar-refractivity contribution in [2.45, 2.75) is 66.8 Å². The van der Waals surface area contributed by atoms with Gasteiger partial charge in [-0.25, -0.2) is 0 Å². The van der Waals surface area contributed by atoms with Crippen molar-refractivity contribution < 1.29 is 19.2 Å². The largest absolute Gasteiger partial charge is 0.295 e.